The Morgan fingerprint density at radius 2 is 2.27 bits per heavy atom. The summed E-state index contributed by atoms with van der Waals surface area (Å²) in [5, 5.41) is 8.65. The molecule has 1 unspecified atom stereocenters. The number of rotatable bonds is 1. The van der Waals surface area contributed by atoms with Gasteiger partial charge in [0.15, 0.2) is 6.10 Å². The molecule has 0 amide bonds. The fraction of sp³-hybridized carbons (Fsp3) is 0.875. The van der Waals surface area contributed by atoms with E-state index in [1.54, 1.807) is 0 Å². The topological polar surface area (TPSA) is 46.5 Å². The van der Waals surface area contributed by atoms with Crippen molar-refractivity contribution in [3.8, 4) is 0 Å². The highest BCUT2D eigenvalue weighted by Crippen LogP contribution is 2.31. The quantitative estimate of drug-likeness (QED) is 0.625. The number of hydrogen-bond donors (Lipinski definition) is 1. The maximum Gasteiger partial charge on any atom is 0.332 e. The van der Waals surface area contributed by atoms with Crippen molar-refractivity contribution in [1.29, 1.82) is 0 Å². The van der Waals surface area contributed by atoms with Crippen LogP contribution in [0.4, 0.5) is 0 Å². The van der Waals surface area contributed by atoms with Crippen LogP contribution < -0.4 is 0 Å². The second-order valence-electron chi connectivity index (χ2n) is 3.82. The summed E-state index contributed by atoms with van der Waals surface area (Å²) < 4.78 is 5.08. The minimum absolute atomic E-state index is 0.126. The molecule has 0 aromatic carbocycles. The molecule has 1 heterocycles. The largest absolute Gasteiger partial charge is 0.479 e. The minimum atomic E-state index is -0.835. The zero-order valence-corrected chi connectivity index (χ0v) is 6.96. The molecule has 1 aliphatic rings. The van der Waals surface area contributed by atoms with Crippen LogP contribution in [0.1, 0.15) is 26.7 Å². The van der Waals surface area contributed by atoms with E-state index in [0.29, 0.717) is 13.0 Å². The molecule has 0 aromatic heterocycles. The fourth-order valence-electron chi connectivity index (χ4n) is 1.30. The Kier molecular flexibility index (Phi) is 2.18. The highest BCUT2D eigenvalue weighted by molar-refractivity contribution is 5.72. The summed E-state index contributed by atoms with van der Waals surface area (Å²) in [4.78, 5) is 10.5. The molecule has 0 aliphatic carbocycles. The standard InChI is InChI=1S/C8H14O3/c1-8(2)3-4-11-6(5-8)7(9)10/h6H,3-5H2,1-2H3,(H,9,10). The van der Waals surface area contributed by atoms with Gasteiger partial charge in [0, 0.05) is 6.61 Å². The Bertz CT molecular complexity index is 163. The van der Waals surface area contributed by atoms with Crippen LogP contribution in [0.2, 0.25) is 0 Å². The van der Waals surface area contributed by atoms with Gasteiger partial charge in [0.25, 0.3) is 0 Å². The van der Waals surface area contributed by atoms with Crippen molar-refractivity contribution in [3.63, 3.8) is 0 Å². The minimum Gasteiger partial charge on any atom is -0.479 e. The Morgan fingerprint density at radius 3 is 2.64 bits per heavy atom. The molecule has 3 nitrogen and oxygen atoms in total. The summed E-state index contributed by atoms with van der Waals surface area (Å²) in [7, 11) is 0. The van der Waals surface area contributed by atoms with Crippen molar-refractivity contribution in [1.82, 2.24) is 0 Å². The van der Waals surface area contributed by atoms with Crippen molar-refractivity contribution in [2.45, 2.75) is 32.8 Å². The van der Waals surface area contributed by atoms with Crippen molar-refractivity contribution in [3.05, 3.63) is 0 Å². The van der Waals surface area contributed by atoms with Gasteiger partial charge in [-0.25, -0.2) is 4.79 Å². The number of carboxylic acids is 1. The average Bonchev–Trinajstić information content (AvgIpc) is 1.85. The van der Waals surface area contributed by atoms with Gasteiger partial charge in [0.05, 0.1) is 0 Å². The monoisotopic (exact) mass is 158 g/mol. The van der Waals surface area contributed by atoms with Crippen molar-refractivity contribution in [2.75, 3.05) is 6.61 Å². The van der Waals surface area contributed by atoms with Crippen LogP contribution in [0.15, 0.2) is 0 Å². The molecule has 11 heavy (non-hydrogen) atoms. The first-order chi connectivity index (χ1) is 5.01. The summed E-state index contributed by atoms with van der Waals surface area (Å²) in [5.41, 5.74) is 0.126. The van der Waals surface area contributed by atoms with Crippen molar-refractivity contribution < 1.29 is 14.6 Å². The van der Waals surface area contributed by atoms with E-state index in [1.807, 2.05) is 0 Å². The van der Waals surface area contributed by atoms with E-state index < -0.39 is 12.1 Å². The maximum absolute atomic E-state index is 10.5. The van der Waals surface area contributed by atoms with Crippen LogP contribution in [-0.4, -0.2) is 23.8 Å². The molecular formula is C8H14O3. The lowest BCUT2D eigenvalue weighted by atomic mass is 9.82. The lowest BCUT2D eigenvalue weighted by molar-refractivity contribution is -0.157. The number of hydrogen-bond acceptors (Lipinski definition) is 2. The predicted octanol–water partition coefficient (Wildman–Crippen LogP) is 1.28. The van der Waals surface area contributed by atoms with Gasteiger partial charge in [0.2, 0.25) is 0 Å². The summed E-state index contributed by atoms with van der Waals surface area (Å²) in [6.45, 7) is 4.72. The van der Waals surface area contributed by atoms with Crippen LogP contribution in [0.5, 0.6) is 0 Å². The average molecular weight is 158 g/mol. The molecule has 0 aromatic rings. The van der Waals surface area contributed by atoms with Gasteiger partial charge in [-0.05, 0) is 18.3 Å². The van der Waals surface area contributed by atoms with Gasteiger partial charge in [-0.2, -0.15) is 0 Å². The first-order valence-corrected chi connectivity index (χ1v) is 3.86. The zero-order valence-electron chi connectivity index (χ0n) is 6.96. The Morgan fingerprint density at radius 1 is 1.64 bits per heavy atom. The maximum atomic E-state index is 10.5. The van der Waals surface area contributed by atoms with Crippen LogP contribution in [0.25, 0.3) is 0 Å². The molecule has 0 spiro atoms. The van der Waals surface area contributed by atoms with Gasteiger partial charge in [-0.3, -0.25) is 0 Å². The van der Waals surface area contributed by atoms with Gasteiger partial charge in [-0.1, -0.05) is 13.8 Å². The molecule has 3 heteroatoms. The third kappa shape index (κ3) is 2.19. The normalized spacial score (nSPS) is 29.8. The van der Waals surface area contributed by atoms with Gasteiger partial charge < -0.3 is 9.84 Å². The zero-order chi connectivity index (χ0) is 8.48. The van der Waals surface area contributed by atoms with Crippen LogP contribution in [0.3, 0.4) is 0 Å². The first kappa shape index (κ1) is 8.53. The van der Waals surface area contributed by atoms with E-state index in [4.69, 9.17) is 9.84 Å². The van der Waals surface area contributed by atoms with Gasteiger partial charge >= 0.3 is 5.97 Å². The fourth-order valence-corrected chi connectivity index (χ4v) is 1.30. The third-order valence-corrected chi connectivity index (χ3v) is 2.11. The second-order valence-corrected chi connectivity index (χ2v) is 3.82. The van der Waals surface area contributed by atoms with Crippen molar-refractivity contribution >= 4 is 5.97 Å². The Balaban J connectivity index is 2.53. The number of aliphatic carboxylic acids is 1. The van der Waals surface area contributed by atoms with Crippen LogP contribution in [0, 0.1) is 5.41 Å². The van der Waals surface area contributed by atoms with Crippen LogP contribution in [-0.2, 0) is 9.53 Å². The predicted molar refractivity (Wildman–Crippen MR) is 40.4 cm³/mol. The summed E-state index contributed by atoms with van der Waals surface area (Å²) >= 11 is 0. The molecule has 1 N–H and O–H groups in total. The molecule has 1 saturated heterocycles. The summed E-state index contributed by atoms with van der Waals surface area (Å²) in [6.07, 6.45) is 0.998. The number of carbonyl (C=O) groups is 1. The Labute approximate surface area is 66.4 Å². The van der Waals surface area contributed by atoms with E-state index in [0.717, 1.165) is 6.42 Å². The summed E-state index contributed by atoms with van der Waals surface area (Å²) in [5.74, 6) is -0.835. The molecule has 0 saturated carbocycles. The molecule has 1 atom stereocenters. The van der Waals surface area contributed by atoms with Gasteiger partial charge in [-0.15, -0.1) is 0 Å². The lowest BCUT2D eigenvalue weighted by Crippen LogP contribution is -2.36. The Hall–Kier alpha value is -0.570. The van der Waals surface area contributed by atoms with E-state index in [2.05, 4.69) is 13.8 Å². The van der Waals surface area contributed by atoms with Crippen molar-refractivity contribution in [2.24, 2.45) is 5.41 Å². The van der Waals surface area contributed by atoms with E-state index in [-0.39, 0.29) is 5.41 Å². The number of carboxylic acid groups (broad SMARTS) is 1. The number of ether oxygens (including phenoxy) is 1. The molecule has 1 aliphatic heterocycles. The lowest BCUT2D eigenvalue weighted by Gasteiger charge is -2.33. The summed E-state index contributed by atoms with van der Waals surface area (Å²) in [6, 6.07) is 0. The molecule has 64 valence electrons. The SMILES string of the molecule is CC1(C)CCOC(C(=O)O)C1. The molecule has 1 rings (SSSR count). The highest BCUT2D eigenvalue weighted by atomic mass is 16.5. The molecule has 0 bridgehead atoms. The van der Waals surface area contributed by atoms with E-state index in [9.17, 15) is 4.79 Å². The highest BCUT2D eigenvalue weighted by Gasteiger charge is 2.32. The van der Waals surface area contributed by atoms with E-state index in [1.165, 1.54) is 0 Å². The first-order valence-electron chi connectivity index (χ1n) is 3.86. The van der Waals surface area contributed by atoms with Crippen LogP contribution >= 0.6 is 0 Å². The smallest absolute Gasteiger partial charge is 0.332 e. The molecule has 1 fully saturated rings. The van der Waals surface area contributed by atoms with Gasteiger partial charge in [0.1, 0.15) is 0 Å². The molecular weight excluding hydrogens is 144 g/mol. The van der Waals surface area contributed by atoms with E-state index >= 15 is 0 Å². The third-order valence-electron chi connectivity index (χ3n) is 2.11. The second kappa shape index (κ2) is 2.81. The molecule has 0 radical (unpaired) electrons.